The molecular formula is C29H23Cl2F4N3O3. The number of fused-ring (bicyclic) bond motifs is 1. The summed E-state index contributed by atoms with van der Waals surface area (Å²) in [6.07, 6.45) is 2.62. The van der Waals surface area contributed by atoms with Gasteiger partial charge in [-0.1, -0.05) is 69.9 Å². The predicted octanol–water partition coefficient (Wildman–Crippen LogP) is 7.71. The zero-order valence-corrected chi connectivity index (χ0v) is 22.9. The second kappa shape index (κ2) is 11.7. The van der Waals surface area contributed by atoms with E-state index in [1.54, 1.807) is 24.3 Å². The number of alkyl halides is 3. The van der Waals surface area contributed by atoms with E-state index in [4.69, 9.17) is 32.9 Å². The number of halogens is 6. The maximum Gasteiger partial charge on any atom is 0.435 e. The van der Waals surface area contributed by atoms with E-state index in [2.05, 4.69) is 15.6 Å². The van der Waals surface area contributed by atoms with Crippen LogP contribution in [0.15, 0.2) is 71.0 Å². The van der Waals surface area contributed by atoms with E-state index in [0.29, 0.717) is 21.9 Å². The summed E-state index contributed by atoms with van der Waals surface area (Å²) in [5, 5.41) is 10.3. The number of hydrogen-bond donors (Lipinski definition) is 1. The molecule has 214 valence electrons. The van der Waals surface area contributed by atoms with Gasteiger partial charge in [-0.3, -0.25) is 4.79 Å². The molecule has 1 N–H and O–H groups in total. The van der Waals surface area contributed by atoms with Gasteiger partial charge in [0, 0.05) is 23.1 Å². The van der Waals surface area contributed by atoms with Crippen molar-refractivity contribution in [2.45, 2.75) is 43.6 Å². The third-order valence-electron chi connectivity index (χ3n) is 6.95. The van der Waals surface area contributed by atoms with Crippen molar-refractivity contribution in [2.75, 3.05) is 6.54 Å². The van der Waals surface area contributed by atoms with Crippen LogP contribution in [0.2, 0.25) is 10.0 Å². The molecule has 0 aromatic heterocycles. The number of nitrogens with zero attached hydrogens (tertiary/aromatic N) is 2. The SMILES string of the molecule is O=C(NCC=NOC1C=CCCC1)c1ccc(C2=NOC(c3cc(Cl)c(F)c(Cl)c3)(C(F)(F)F)C2)c2ccccc12. The number of oxime groups is 2. The molecule has 1 aliphatic carbocycles. The molecule has 5 rings (SSSR count). The van der Waals surface area contributed by atoms with Gasteiger partial charge in [-0.15, -0.1) is 0 Å². The van der Waals surface area contributed by atoms with Crippen LogP contribution in [0.25, 0.3) is 10.8 Å². The molecule has 1 heterocycles. The van der Waals surface area contributed by atoms with Crippen LogP contribution in [0.3, 0.4) is 0 Å². The number of amides is 1. The Bertz CT molecular complexity index is 1550. The van der Waals surface area contributed by atoms with E-state index in [9.17, 15) is 22.4 Å². The highest BCUT2D eigenvalue weighted by molar-refractivity contribution is 6.35. The number of carbonyl (C=O) groups excluding carboxylic acids is 1. The van der Waals surface area contributed by atoms with Crippen molar-refractivity contribution >= 4 is 51.8 Å². The Hall–Kier alpha value is -3.63. The van der Waals surface area contributed by atoms with Crippen molar-refractivity contribution in [3.8, 4) is 0 Å². The van der Waals surface area contributed by atoms with Crippen molar-refractivity contribution in [3.63, 3.8) is 0 Å². The van der Waals surface area contributed by atoms with Gasteiger partial charge in [0.15, 0.2) is 5.82 Å². The number of nitrogens with one attached hydrogen (secondary N) is 1. The van der Waals surface area contributed by atoms with Crippen LogP contribution >= 0.6 is 23.2 Å². The topological polar surface area (TPSA) is 72.3 Å². The summed E-state index contributed by atoms with van der Waals surface area (Å²) >= 11 is 11.6. The molecule has 2 aliphatic rings. The van der Waals surface area contributed by atoms with E-state index in [0.717, 1.165) is 31.4 Å². The normalized spacial score (nSPS) is 20.7. The fourth-order valence-electron chi connectivity index (χ4n) is 4.85. The number of benzene rings is 3. The van der Waals surface area contributed by atoms with Crippen LogP contribution in [-0.4, -0.2) is 36.7 Å². The number of rotatable bonds is 7. The molecule has 2 unspecified atom stereocenters. The zero-order valence-electron chi connectivity index (χ0n) is 21.4. The molecule has 0 fully saturated rings. The Balaban J connectivity index is 1.38. The fraction of sp³-hybridized carbons (Fsp3) is 0.276. The van der Waals surface area contributed by atoms with Crippen molar-refractivity contribution < 1.29 is 32.0 Å². The van der Waals surface area contributed by atoms with E-state index in [1.807, 2.05) is 12.2 Å². The Morgan fingerprint density at radius 3 is 2.59 bits per heavy atom. The quantitative estimate of drug-likeness (QED) is 0.0983. The van der Waals surface area contributed by atoms with Crippen LogP contribution in [0.1, 0.15) is 47.2 Å². The third-order valence-corrected chi connectivity index (χ3v) is 7.50. The summed E-state index contributed by atoms with van der Waals surface area (Å²) in [6, 6.07) is 11.5. The first kappa shape index (κ1) is 28.9. The Labute approximate surface area is 242 Å². The number of carbonyl (C=O) groups is 1. The minimum absolute atomic E-state index is 0.0110. The van der Waals surface area contributed by atoms with Crippen LogP contribution in [0.4, 0.5) is 17.6 Å². The van der Waals surface area contributed by atoms with Crippen molar-refractivity contribution in [3.05, 3.63) is 93.2 Å². The van der Waals surface area contributed by atoms with E-state index in [1.165, 1.54) is 18.3 Å². The van der Waals surface area contributed by atoms with Gasteiger partial charge in [0.2, 0.25) is 0 Å². The lowest BCUT2D eigenvalue weighted by molar-refractivity contribution is -0.275. The monoisotopic (exact) mass is 607 g/mol. The van der Waals surface area contributed by atoms with E-state index in [-0.39, 0.29) is 18.4 Å². The highest BCUT2D eigenvalue weighted by Crippen LogP contribution is 2.50. The van der Waals surface area contributed by atoms with Crippen molar-refractivity contribution in [2.24, 2.45) is 10.3 Å². The second-order valence-corrected chi connectivity index (χ2v) is 10.4. The van der Waals surface area contributed by atoms with Gasteiger partial charge in [0.25, 0.3) is 11.5 Å². The van der Waals surface area contributed by atoms with Gasteiger partial charge in [-0.2, -0.15) is 13.2 Å². The predicted molar refractivity (Wildman–Crippen MR) is 149 cm³/mol. The number of allylic oxidation sites excluding steroid dienone is 1. The van der Waals surface area contributed by atoms with Gasteiger partial charge in [-0.05, 0) is 54.3 Å². The lowest BCUT2D eigenvalue weighted by Gasteiger charge is -2.29. The van der Waals surface area contributed by atoms with E-state index < -0.39 is 45.5 Å². The molecule has 0 radical (unpaired) electrons. The Kier molecular flexibility index (Phi) is 8.24. The largest absolute Gasteiger partial charge is 0.435 e. The summed E-state index contributed by atoms with van der Waals surface area (Å²) in [7, 11) is 0. The minimum atomic E-state index is -4.95. The molecule has 0 bridgehead atoms. The summed E-state index contributed by atoms with van der Waals surface area (Å²) < 4.78 is 57.4. The average Bonchev–Trinajstić information content (AvgIpc) is 3.42. The molecule has 6 nitrogen and oxygen atoms in total. The van der Waals surface area contributed by atoms with Crippen molar-refractivity contribution in [1.82, 2.24) is 5.32 Å². The Morgan fingerprint density at radius 2 is 1.90 bits per heavy atom. The fourth-order valence-corrected chi connectivity index (χ4v) is 5.33. The molecule has 12 heteroatoms. The average molecular weight is 608 g/mol. The molecule has 2 atom stereocenters. The van der Waals surface area contributed by atoms with Gasteiger partial charge in [-0.25, -0.2) is 4.39 Å². The van der Waals surface area contributed by atoms with Gasteiger partial charge < -0.3 is 15.0 Å². The molecular weight excluding hydrogens is 585 g/mol. The standard InChI is InChI=1S/C29H23Cl2F4N3O3/c30-23-14-17(15-24(31)26(23)32)28(29(33,34)35)16-25(38-41-28)21-10-11-22(20-9-5-4-8-19(20)21)27(39)36-12-13-37-40-18-6-2-1-3-7-18/h2,4-6,8-11,13-15,18H,1,3,7,12,16H2,(H,36,39). The smallest absolute Gasteiger partial charge is 0.389 e. The minimum Gasteiger partial charge on any atom is -0.389 e. The van der Waals surface area contributed by atoms with Crippen LogP contribution in [0, 0.1) is 5.82 Å². The molecule has 1 amide bonds. The maximum absolute atomic E-state index is 14.5. The van der Waals surface area contributed by atoms with Crippen LogP contribution in [0.5, 0.6) is 0 Å². The summed E-state index contributed by atoms with van der Waals surface area (Å²) in [5.74, 6) is -1.44. The molecule has 3 aromatic carbocycles. The first-order valence-corrected chi connectivity index (χ1v) is 13.5. The number of hydrogen-bond acceptors (Lipinski definition) is 5. The molecule has 0 saturated carbocycles. The molecule has 0 saturated heterocycles. The summed E-state index contributed by atoms with van der Waals surface area (Å²) in [4.78, 5) is 23.4. The highest BCUT2D eigenvalue weighted by Gasteiger charge is 2.62. The lowest BCUT2D eigenvalue weighted by Crippen LogP contribution is -2.42. The van der Waals surface area contributed by atoms with Crippen molar-refractivity contribution in [1.29, 1.82) is 0 Å². The molecule has 3 aromatic rings. The second-order valence-electron chi connectivity index (χ2n) is 9.59. The first-order valence-electron chi connectivity index (χ1n) is 12.7. The van der Waals surface area contributed by atoms with E-state index >= 15 is 0 Å². The zero-order chi connectivity index (χ0) is 29.2. The molecule has 0 spiro atoms. The van der Waals surface area contributed by atoms with Gasteiger partial charge in [0.1, 0.15) is 6.10 Å². The summed E-state index contributed by atoms with van der Waals surface area (Å²) in [5.41, 5.74) is -2.77. The Morgan fingerprint density at radius 1 is 1.17 bits per heavy atom. The summed E-state index contributed by atoms with van der Waals surface area (Å²) in [6.45, 7) is 0.114. The molecule has 1 aliphatic heterocycles. The lowest BCUT2D eigenvalue weighted by atomic mass is 9.85. The maximum atomic E-state index is 14.5. The molecule has 41 heavy (non-hydrogen) atoms. The first-order chi connectivity index (χ1) is 19.6. The third kappa shape index (κ3) is 5.76. The van der Waals surface area contributed by atoms with Crippen LogP contribution < -0.4 is 5.32 Å². The van der Waals surface area contributed by atoms with Gasteiger partial charge >= 0.3 is 6.18 Å². The van der Waals surface area contributed by atoms with Gasteiger partial charge in [0.05, 0.1) is 28.5 Å². The van der Waals surface area contributed by atoms with Crippen LogP contribution in [-0.2, 0) is 15.3 Å². The highest BCUT2D eigenvalue weighted by atomic mass is 35.5.